The van der Waals surface area contributed by atoms with Gasteiger partial charge in [-0.1, -0.05) is 64.5 Å². The third-order valence-electron chi connectivity index (χ3n) is 3.40. The predicted octanol–water partition coefficient (Wildman–Crippen LogP) is 4.22. The fraction of sp³-hybridized carbons (Fsp3) is 0.188. The predicted molar refractivity (Wildman–Crippen MR) is 82.7 cm³/mol. The molecule has 19 heavy (non-hydrogen) atoms. The Labute approximate surface area is 121 Å². The zero-order valence-electron chi connectivity index (χ0n) is 10.5. The molecule has 3 aromatic rings. The van der Waals surface area contributed by atoms with Crippen LogP contribution < -0.4 is 0 Å². The molecule has 0 spiro atoms. The van der Waals surface area contributed by atoms with Gasteiger partial charge in [0, 0.05) is 23.2 Å². The summed E-state index contributed by atoms with van der Waals surface area (Å²) in [5, 5.41) is 6.64. The molecule has 0 aliphatic carbocycles. The van der Waals surface area contributed by atoms with Crippen molar-refractivity contribution in [1.29, 1.82) is 0 Å². The Kier molecular flexibility index (Phi) is 3.65. The largest absolute Gasteiger partial charge is 0.264 e. The Morgan fingerprint density at radius 3 is 2.53 bits per heavy atom. The number of benzene rings is 2. The lowest BCUT2D eigenvalue weighted by Crippen LogP contribution is -2.11. The van der Waals surface area contributed by atoms with Gasteiger partial charge in [-0.2, -0.15) is 5.10 Å². The van der Waals surface area contributed by atoms with Crippen LogP contribution in [0.15, 0.2) is 60.8 Å². The van der Waals surface area contributed by atoms with Gasteiger partial charge in [0.1, 0.15) is 0 Å². The van der Waals surface area contributed by atoms with Gasteiger partial charge in [-0.15, -0.1) is 0 Å². The van der Waals surface area contributed by atoms with Crippen LogP contribution in [0.5, 0.6) is 0 Å². The summed E-state index contributed by atoms with van der Waals surface area (Å²) in [6.07, 6.45) is 1.94. The molecule has 0 amide bonds. The lowest BCUT2D eigenvalue weighted by molar-refractivity contribution is 0.565. The van der Waals surface area contributed by atoms with E-state index >= 15 is 0 Å². The maximum atomic E-state index is 4.50. The quantitative estimate of drug-likeness (QED) is 0.659. The summed E-state index contributed by atoms with van der Waals surface area (Å²) in [4.78, 5) is 0. The molecule has 3 rings (SSSR count). The van der Waals surface area contributed by atoms with E-state index < -0.39 is 0 Å². The van der Waals surface area contributed by atoms with Crippen molar-refractivity contribution in [3.8, 4) is 0 Å². The fourth-order valence-electron chi connectivity index (χ4n) is 2.35. The molecule has 96 valence electrons. The summed E-state index contributed by atoms with van der Waals surface area (Å²) in [6.45, 7) is 0.892. The third kappa shape index (κ3) is 2.56. The second kappa shape index (κ2) is 5.57. The second-order valence-electron chi connectivity index (χ2n) is 4.65. The van der Waals surface area contributed by atoms with Gasteiger partial charge in [-0.25, -0.2) is 0 Å². The Bertz CT molecular complexity index is 661. The van der Waals surface area contributed by atoms with Crippen LogP contribution >= 0.6 is 15.9 Å². The smallest absolute Gasteiger partial charge is 0.0682 e. The van der Waals surface area contributed by atoms with Crippen molar-refractivity contribution in [2.24, 2.45) is 0 Å². The highest BCUT2D eigenvalue weighted by Crippen LogP contribution is 2.22. The highest BCUT2D eigenvalue weighted by molar-refractivity contribution is 9.09. The number of aromatic nitrogens is 2. The van der Waals surface area contributed by atoms with Crippen molar-refractivity contribution in [2.45, 2.75) is 12.5 Å². The molecule has 0 aliphatic rings. The van der Waals surface area contributed by atoms with E-state index in [0.29, 0.717) is 5.92 Å². The number of alkyl halides is 1. The maximum Gasteiger partial charge on any atom is 0.0682 e. The average molecular weight is 315 g/mol. The zero-order chi connectivity index (χ0) is 13.1. The number of para-hydroxylation sites is 1. The Balaban J connectivity index is 1.91. The van der Waals surface area contributed by atoms with Crippen LogP contribution in [0.25, 0.3) is 10.9 Å². The van der Waals surface area contributed by atoms with Crippen LogP contribution in [0.1, 0.15) is 11.5 Å². The standard InChI is InChI=1S/C16H15BrN2/c17-10-15(13-6-2-1-3-7-13)12-19-16-9-5-4-8-14(16)11-18-19/h1-9,11,15H,10,12H2. The second-order valence-corrected chi connectivity index (χ2v) is 5.29. The van der Waals surface area contributed by atoms with E-state index in [0.717, 1.165) is 11.9 Å². The molecule has 0 aliphatic heterocycles. The summed E-state index contributed by atoms with van der Waals surface area (Å²) >= 11 is 3.62. The average Bonchev–Trinajstić information content (AvgIpc) is 2.89. The summed E-state index contributed by atoms with van der Waals surface area (Å²) in [7, 11) is 0. The van der Waals surface area contributed by atoms with E-state index in [1.807, 2.05) is 12.3 Å². The van der Waals surface area contributed by atoms with Gasteiger partial charge in [-0.3, -0.25) is 4.68 Å². The molecule has 0 radical (unpaired) electrons. The molecule has 0 saturated heterocycles. The molecular formula is C16H15BrN2. The number of hydrogen-bond donors (Lipinski definition) is 0. The van der Waals surface area contributed by atoms with E-state index in [4.69, 9.17) is 0 Å². The van der Waals surface area contributed by atoms with Crippen molar-refractivity contribution in [3.63, 3.8) is 0 Å². The van der Waals surface area contributed by atoms with Gasteiger partial charge in [0.05, 0.1) is 11.7 Å². The summed E-state index contributed by atoms with van der Waals surface area (Å²) < 4.78 is 2.09. The van der Waals surface area contributed by atoms with Crippen molar-refractivity contribution in [3.05, 3.63) is 66.4 Å². The van der Waals surface area contributed by atoms with Gasteiger partial charge in [-0.05, 0) is 11.6 Å². The lowest BCUT2D eigenvalue weighted by atomic mass is 10.0. The molecule has 0 saturated carbocycles. The molecule has 1 heterocycles. The van der Waals surface area contributed by atoms with Crippen LogP contribution in [-0.2, 0) is 6.54 Å². The van der Waals surface area contributed by atoms with E-state index in [1.165, 1.54) is 16.5 Å². The van der Waals surface area contributed by atoms with Crippen LogP contribution in [0.2, 0.25) is 0 Å². The van der Waals surface area contributed by atoms with Gasteiger partial charge in [0.25, 0.3) is 0 Å². The number of halogens is 1. The fourth-order valence-corrected chi connectivity index (χ4v) is 2.93. The molecule has 1 aromatic heterocycles. The topological polar surface area (TPSA) is 17.8 Å². The molecule has 2 aromatic carbocycles. The highest BCUT2D eigenvalue weighted by atomic mass is 79.9. The lowest BCUT2D eigenvalue weighted by Gasteiger charge is -2.15. The van der Waals surface area contributed by atoms with Crippen LogP contribution in [0.4, 0.5) is 0 Å². The number of hydrogen-bond acceptors (Lipinski definition) is 1. The van der Waals surface area contributed by atoms with E-state index in [9.17, 15) is 0 Å². The molecule has 0 bridgehead atoms. The number of fused-ring (bicyclic) bond motifs is 1. The Morgan fingerprint density at radius 1 is 1.00 bits per heavy atom. The summed E-state index contributed by atoms with van der Waals surface area (Å²) in [6, 6.07) is 18.9. The summed E-state index contributed by atoms with van der Waals surface area (Å²) in [5.41, 5.74) is 2.54. The normalized spacial score (nSPS) is 12.7. The van der Waals surface area contributed by atoms with Gasteiger partial charge in [0.2, 0.25) is 0 Å². The first-order valence-corrected chi connectivity index (χ1v) is 7.52. The number of nitrogens with zero attached hydrogens (tertiary/aromatic N) is 2. The van der Waals surface area contributed by atoms with Gasteiger partial charge < -0.3 is 0 Å². The van der Waals surface area contributed by atoms with E-state index in [-0.39, 0.29) is 0 Å². The minimum Gasteiger partial charge on any atom is -0.264 e. The molecule has 1 unspecified atom stereocenters. The first-order valence-electron chi connectivity index (χ1n) is 6.40. The van der Waals surface area contributed by atoms with Gasteiger partial charge in [0.15, 0.2) is 0 Å². The van der Waals surface area contributed by atoms with E-state index in [1.54, 1.807) is 0 Å². The van der Waals surface area contributed by atoms with Crippen molar-refractivity contribution >= 4 is 26.8 Å². The Hall–Kier alpha value is -1.61. The van der Waals surface area contributed by atoms with Crippen molar-refractivity contribution < 1.29 is 0 Å². The SMILES string of the molecule is BrCC(Cn1ncc2ccccc21)c1ccccc1. The van der Waals surface area contributed by atoms with Crippen molar-refractivity contribution in [2.75, 3.05) is 5.33 Å². The molecule has 1 atom stereocenters. The van der Waals surface area contributed by atoms with Gasteiger partial charge >= 0.3 is 0 Å². The number of rotatable bonds is 4. The third-order valence-corrected chi connectivity index (χ3v) is 4.18. The Morgan fingerprint density at radius 2 is 1.74 bits per heavy atom. The molecule has 0 fully saturated rings. The molecular weight excluding hydrogens is 300 g/mol. The van der Waals surface area contributed by atoms with Crippen LogP contribution in [0, 0.1) is 0 Å². The van der Waals surface area contributed by atoms with Crippen LogP contribution in [0.3, 0.4) is 0 Å². The first-order chi connectivity index (χ1) is 9.38. The first kappa shape index (κ1) is 12.4. The van der Waals surface area contributed by atoms with Crippen LogP contribution in [-0.4, -0.2) is 15.1 Å². The highest BCUT2D eigenvalue weighted by Gasteiger charge is 2.12. The van der Waals surface area contributed by atoms with Crippen molar-refractivity contribution in [1.82, 2.24) is 9.78 Å². The molecule has 3 heteroatoms. The molecule has 2 nitrogen and oxygen atoms in total. The minimum absolute atomic E-state index is 0.435. The zero-order valence-corrected chi connectivity index (χ0v) is 12.1. The molecule has 0 N–H and O–H groups in total. The maximum absolute atomic E-state index is 4.50. The minimum atomic E-state index is 0.435. The van der Waals surface area contributed by atoms with E-state index in [2.05, 4.69) is 74.2 Å². The monoisotopic (exact) mass is 314 g/mol. The summed E-state index contributed by atoms with van der Waals surface area (Å²) in [5.74, 6) is 0.435.